The van der Waals surface area contributed by atoms with Gasteiger partial charge in [-0.3, -0.25) is 0 Å². The molecule has 28 heavy (non-hydrogen) atoms. The summed E-state index contributed by atoms with van der Waals surface area (Å²) in [5, 5.41) is 9.07. The third-order valence-corrected chi connectivity index (χ3v) is 10.2. The average molecular weight is 388 g/mol. The highest BCUT2D eigenvalue weighted by molar-refractivity contribution is 5.26. The van der Waals surface area contributed by atoms with Crippen LogP contribution in [0.2, 0.25) is 0 Å². The lowest BCUT2D eigenvalue weighted by molar-refractivity contribution is -0.0442. The maximum absolute atomic E-state index is 9.07. The van der Waals surface area contributed by atoms with E-state index < -0.39 is 0 Å². The molecule has 0 aromatic carbocycles. The van der Waals surface area contributed by atoms with Crippen LogP contribution in [0.3, 0.4) is 0 Å². The summed E-state index contributed by atoms with van der Waals surface area (Å²) < 4.78 is 6.60. The van der Waals surface area contributed by atoms with Crippen LogP contribution in [0.25, 0.3) is 0 Å². The molecule has 3 heteroatoms. The van der Waals surface area contributed by atoms with Crippen LogP contribution in [-0.2, 0) is 4.74 Å². The number of nitrogens with two attached hydrogens (primary N) is 1. The quantitative estimate of drug-likeness (QED) is 0.537. The third-order valence-electron chi connectivity index (χ3n) is 10.2. The maximum Gasteiger partial charge on any atom is 0.0616 e. The van der Waals surface area contributed by atoms with Crippen molar-refractivity contribution in [3.8, 4) is 0 Å². The summed E-state index contributed by atoms with van der Waals surface area (Å²) >= 11 is 0. The van der Waals surface area contributed by atoms with Crippen LogP contribution in [0.1, 0.15) is 84.5 Å². The van der Waals surface area contributed by atoms with Crippen LogP contribution in [0.4, 0.5) is 0 Å². The van der Waals surface area contributed by atoms with Gasteiger partial charge in [0.25, 0.3) is 0 Å². The van der Waals surface area contributed by atoms with E-state index in [-0.39, 0.29) is 0 Å². The molecule has 4 unspecified atom stereocenters. The third kappa shape index (κ3) is 2.87. The highest BCUT2D eigenvalue weighted by Gasteiger charge is 2.63. The number of aliphatic hydroxyl groups is 1. The van der Waals surface area contributed by atoms with Crippen molar-refractivity contribution in [2.24, 2.45) is 40.2 Å². The lowest BCUT2D eigenvalue weighted by Gasteiger charge is -2.58. The molecule has 0 amide bonds. The van der Waals surface area contributed by atoms with Gasteiger partial charge in [-0.2, -0.15) is 0 Å². The molecule has 5 rings (SSSR count). The fraction of sp³-hybridized carbons (Fsp3) is 0.920. The molecule has 3 nitrogen and oxygen atoms in total. The fourth-order valence-corrected chi connectivity index (χ4v) is 8.61. The molecule has 0 aromatic rings. The number of rotatable bonds is 4. The minimum absolute atomic E-state index is 0.321. The Morgan fingerprint density at radius 1 is 1.11 bits per heavy atom. The highest BCUT2D eigenvalue weighted by atomic mass is 16.5. The molecule has 0 radical (unpaired) electrons. The largest absolute Gasteiger partial charge is 0.396 e. The number of fused-ring (bicyclic) bond motifs is 7. The molecule has 5 aliphatic rings. The Hall–Kier alpha value is -0.380. The van der Waals surface area contributed by atoms with Crippen molar-refractivity contribution >= 4 is 0 Å². The van der Waals surface area contributed by atoms with Crippen LogP contribution in [0.15, 0.2) is 11.6 Å². The smallest absolute Gasteiger partial charge is 0.0616 e. The zero-order valence-corrected chi connectivity index (χ0v) is 18.0. The molecule has 4 fully saturated rings. The van der Waals surface area contributed by atoms with Gasteiger partial charge in [0.1, 0.15) is 0 Å². The van der Waals surface area contributed by atoms with Gasteiger partial charge in [-0.25, -0.2) is 0 Å². The first kappa shape index (κ1) is 19.6. The first-order chi connectivity index (χ1) is 13.5. The van der Waals surface area contributed by atoms with Crippen molar-refractivity contribution < 1.29 is 9.84 Å². The SMILES string of the molecule is C[C@]12CCC3[C@@H](CC=C4C[C@@H](N)CC[C@@]43C)C1CC1O[C@H](CCCCO)CC12. The molecular formula is C25H41NO2. The van der Waals surface area contributed by atoms with Crippen molar-refractivity contribution in [2.75, 3.05) is 6.61 Å². The van der Waals surface area contributed by atoms with Crippen molar-refractivity contribution in [1.29, 1.82) is 0 Å². The van der Waals surface area contributed by atoms with E-state index in [1.54, 1.807) is 5.57 Å². The molecule has 0 aromatic heterocycles. The fourth-order valence-electron chi connectivity index (χ4n) is 8.61. The van der Waals surface area contributed by atoms with Gasteiger partial charge in [0.05, 0.1) is 12.2 Å². The van der Waals surface area contributed by atoms with Crippen LogP contribution < -0.4 is 5.73 Å². The molecular weight excluding hydrogens is 346 g/mol. The van der Waals surface area contributed by atoms with Gasteiger partial charge in [-0.1, -0.05) is 25.5 Å². The summed E-state index contributed by atoms with van der Waals surface area (Å²) in [5.41, 5.74) is 8.94. The summed E-state index contributed by atoms with van der Waals surface area (Å²) in [4.78, 5) is 0. The molecule has 158 valence electrons. The van der Waals surface area contributed by atoms with E-state index in [0.717, 1.165) is 49.4 Å². The Kier molecular flexibility index (Phi) is 4.96. The van der Waals surface area contributed by atoms with E-state index in [1.165, 1.54) is 44.9 Å². The van der Waals surface area contributed by atoms with Gasteiger partial charge in [0.15, 0.2) is 0 Å². The molecule has 0 bridgehead atoms. The van der Waals surface area contributed by atoms with Crippen molar-refractivity contribution in [2.45, 2.75) is 103 Å². The summed E-state index contributed by atoms with van der Waals surface area (Å²) in [6.07, 6.45) is 17.1. The molecule has 1 aliphatic heterocycles. The summed E-state index contributed by atoms with van der Waals surface area (Å²) in [6.45, 7) is 5.52. The number of aliphatic hydroxyl groups excluding tert-OH is 1. The van der Waals surface area contributed by atoms with Crippen molar-refractivity contribution in [1.82, 2.24) is 0 Å². The van der Waals surface area contributed by atoms with Crippen molar-refractivity contribution in [3.63, 3.8) is 0 Å². The molecule has 9 atom stereocenters. The zero-order chi connectivity index (χ0) is 19.5. The molecule has 1 saturated heterocycles. The van der Waals surface area contributed by atoms with E-state index in [4.69, 9.17) is 15.6 Å². The first-order valence-electron chi connectivity index (χ1n) is 12.2. The Morgan fingerprint density at radius 3 is 2.79 bits per heavy atom. The van der Waals surface area contributed by atoms with Gasteiger partial charge < -0.3 is 15.6 Å². The van der Waals surface area contributed by atoms with Crippen LogP contribution in [0, 0.1) is 34.5 Å². The molecule has 3 saturated carbocycles. The second-order valence-electron chi connectivity index (χ2n) is 11.4. The molecule has 1 heterocycles. The molecule has 0 spiro atoms. The van der Waals surface area contributed by atoms with Gasteiger partial charge >= 0.3 is 0 Å². The van der Waals surface area contributed by atoms with E-state index in [2.05, 4.69) is 19.9 Å². The standard InChI is InChI=1S/C25H41NO2/c1-24-10-8-17(26)13-16(24)6-7-19-20(24)9-11-25(2)21(19)15-23-22(25)14-18(28-23)5-3-4-12-27/h6,17-23,27H,3-5,7-15,26H2,1-2H3/t17-,18+,19+,20?,21?,22?,23?,24-,25-/m0/s1. The molecule has 3 N–H and O–H groups in total. The number of unbranched alkanes of at least 4 members (excludes halogenated alkanes) is 1. The van der Waals surface area contributed by atoms with Gasteiger partial charge in [-0.15, -0.1) is 0 Å². The van der Waals surface area contributed by atoms with E-state index >= 15 is 0 Å². The second-order valence-corrected chi connectivity index (χ2v) is 11.4. The van der Waals surface area contributed by atoms with Crippen LogP contribution in [-0.4, -0.2) is 30.0 Å². The zero-order valence-electron chi connectivity index (χ0n) is 18.0. The highest BCUT2D eigenvalue weighted by Crippen LogP contribution is 2.68. The lowest BCUT2D eigenvalue weighted by Crippen LogP contribution is -2.51. The first-order valence-corrected chi connectivity index (χ1v) is 12.2. The van der Waals surface area contributed by atoms with Crippen LogP contribution >= 0.6 is 0 Å². The average Bonchev–Trinajstić information content (AvgIpc) is 3.19. The number of hydrogen-bond donors (Lipinski definition) is 2. The Balaban J connectivity index is 1.33. The normalized spacial score (nSPS) is 52.4. The Morgan fingerprint density at radius 2 is 1.96 bits per heavy atom. The van der Waals surface area contributed by atoms with E-state index in [1.807, 2.05) is 0 Å². The minimum Gasteiger partial charge on any atom is -0.396 e. The molecule has 4 aliphatic carbocycles. The maximum atomic E-state index is 9.07. The van der Waals surface area contributed by atoms with Crippen molar-refractivity contribution in [3.05, 3.63) is 11.6 Å². The topological polar surface area (TPSA) is 55.5 Å². The predicted octanol–water partition coefficient (Wildman–Crippen LogP) is 4.82. The summed E-state index contributed by atoms with van der Waals surface area (Å²) in [5.74, 6) is 3.36. The Bertz CT molecular complexity index is 632. The van der Waals surface area contributed by atoms with E-state index in [0.29, 0.717) is 35.7 Å². The van der Waals surface area contributed by atoms with E-state index in [9.17, 15) is 0 Å². The number of hydrogen-bond acceptors (Lipinski definition) is 3. The lowest BCUT2D eigenvalue weighted by atomic mass is 9.47. The predicted molar refractivity (Wildman–Crippen MR) is 113 cm³/mol. The van der Waals surface area contributed by atoms with Gasteiger partial charge in [-0.05, 0) is 105 Å². The number of allylic oxidation sites excluding steroid dienone is 1. The Labute approximate surface area is 171 Å². The summed E-state index contributed by atoms with van der Waals surface area (Å²) in [6, 6.07) is 0.395. The minimum atomic E-state index is 0.321. The number of ether oxygens (including phenoxy) is 1. The second kappa shape index (κ2) is 7.10. The van der Waals surface area contributed by atoms with Gasteiger partial charge in [0.2, 0.25) is 0 Å². The van der Waals surface area contributed by atoms with Gasteiger partial charge in [0, 0.05) is 12.6 Å². The summed E-state index contributed by atoms with van der Waals surface area (Å²) in [7, 11) is 0. The monoisotopic (exact) mass is 387 g/mol. The van der Waals surface area contributed by atoms with Crippen LogP contribution in [0.5, 0.6) is 0 Å².